The summed E-state index contributed by atoms with van der Waals surface area (Å²) >= 11 is 0. The molecular formula is C34H43N3O2. The first-order valence-corrected chi connectivity index (χ1v) is 15.7. The minimum atomic E-state index is 0.0902. The summed E-state index contributed by atoms with van der Waals surface area (Å²) in [5, 5.41) is 10.7. The smallest absolute Gasteiger partial charge is 0.254 e. The number of rotatable bonds is 6. The Morgan fingerprint density at radius 1 is 1.03 bits per heavy atom. The summed E-state index contributed by atoms with van der Waals surface area (Å²) in [7, 11) is 0. The number of hydrogen-bond acceptors (Lipinski definition) is 4. The number of amides is 1. The number of phenolic OH excluding ortho intramolecular Hbond substituents is 1. The number of benzene rings is 2. The third kappa shape index (κ3) is 3.12. The van der Waals surface area contributed by atoms with E-state index in [1.54, 1.807) is 0 Å². The van der Waals surface area contributed by atoms with Gasteiger partial charge in [-0.05, 0) is 131 Å². The van der Waals surface area contributed by atoms with E-state index >= 15 is 0 Å². The molecule has 0 radical (unpaired) electrons. The second-order valence-corrected chi connectivity index (χ2v) is 13.6. The molecule has 1 N–H and O–H groups in total. The lowest BCUT2D eigenvalue weighted by molar-refractivity contribution is -0.349. The van der Waals surface area contributed by atoms with Gasteiger partial charge in [0, 0.05) is 35.0 Å². The third-order valence-corrected chi connectivity index (χ3v) is 12.4. The standard InChI is InChI=1S/C34H43N3O2/c1-2-28-31-30-25(22-37(28)32(39)23-9-4-3-5-10-23)21-34(30)29-19-24-11-12-26(38)20-27(24)33(31,34)13-18-36(29)17-8-16-35-14-6-7-15-35/h3-5,9-12,20,25,28-31,38H,2,6-8,13-19,21-22H2,1H3/t25-,28?,29?,30?,31?,33?,34?/m1/s1. The molecule has 3 aliphatic heterocycles. The molecule has 8 rings (SSSR count). The highest BCUT2D eigenvalue weighted by molar-refractivity contribution is 5.94. The summed E-state index contributed by atoms with van der Waals surface area (Å²) in [4.78, 5) is 21.7. The Kier molecular flexibility index (Phi) is 5.52. The first kappa shape index (κ1) is 24.4. The van der Waals surface area contributed by atoms with Crippen molar-refractivity contribution in [3.8, 4) is 5.75 Å². The van der Waals surface area contributed by atoms with Crippen LogP contribution in [0.2, 0.25) is 0 Å². The zero-order chi connectivity index (χ0) is 26.4. The van der Waals surface area contributed by atoms with Gasteiger partial charge < -0.3 is 14.9 Å². The normalized spacial score (nSPS) is 38.3. The lowest BCUT2D eigenvalue weighted by Crippen LogP contribution is -2.90. The highest BCUT2D eigenvalue weighted by atomic mass is 16.3. The predicted molar refractivity (Wildman–Crippen MR) is 153 cm³/mol. The van der Waals surface area contributed by atoms with Crippen molar-refractivity contribution in [3.63, 3.8) is 0 Å². The molecule has 3 saturated heterocycles. The van der Waals surface area contributed by atoms with Crippen LogP contribution in [0, 0.1) is 23.2 Å². The topological polar surface area (TPSA) is 47.0 Å². The van der Waals surface area contributed by atoms with Crippen LogP contribution in [-0.4, -0.2) is 77.1 Å². The number of aromatic hydroxyl groups is 1. The van der Waals surface area contributed by atoms with Gasteiger partial charge in [-0.3, -0.25) is 9.69 Å². The molecule has 206 valence electrons. The van der Waals surface area contributed by atoms with Crippen molar-refractivity contribution in [2.75, 3.05) is 39.3 Å². The highest BCUT2D eigenvalue weighted by Gasteiger charge is 2.85. The molecule has 5 heteroatoms. The van der Waals surface area contributed by atoms with Crippen LogP contribution < -0.4 is 0 Å². The maximum Gasteiger partial charge on any atom is 0.254 e. The zero-order valence-corrected chi connectivity index (χ0v) is 23.4. The van der Waals surface area contributed by atoms with Crippen molar-refractivity contribution in [2.24, 2.45) is 23.2 Å². The maximum absolute atomic E-state index is 13.9. The van der Waals surface area contributed by atoms with Gasteiger partial charge >= 0.3 is 0 Å². The molecule has 39 heavy (non-hydrogen) atoms. The van der Waals surface area contributed by atoms with Gasteiger partial charge in [-0.15, -0.1) is 0 Å². The summed E-state index contributed by atoms with van der Waals surface area (Å²) in [5.41, 5.74) is 4.12. The Morgan fingerprint density at radius 2 is 1.85 bits per heavy atom. The molecule has 2 aromatic carbocycles. The van der Waals surface area contributed by atoms with Crippen molar-refractivity contribution in [2.45, 2.75) is 69.4 Å². The van der Waals surface area contributed by atoms with Crippen molar-refractivity contribution in [3.05, 3.63) is 65.2 Å². The average molecular weight is 526 g/mol. The fourth-order valence-corrected chi connectivity index (χ4v) is 11.2. The lowest BCUT2D eigenvalue weighted by atomic mass is 9.20. The van der Waals surface area contributed by atoms with E-state index in [4.69, 9.17) is 0 Å². The molecule has 3 aliphatic carbocycles. The first-order chi connectivity index (χ1) is 19.1. The van der Waals surface area contributed by atoms with Gasteiger partial charge in [0.25, 0.3) is 5.91 Å². The van der Waals surface area contributed by atoms with E-state index in [1.165, 1.54) is 69.4 Å². The first-order valence-electron chi connectivity index (χ1n) is 15.7. The van der Waals surface area contributed by atoms with Crippen LogP contribution in [0.1, 0.15) is 66.9 Å². The van der Waals surface area contributed by atoms with E-state index in [1.807, 2.05) is 36.4 Å². The number of carbonyl (C=O) groups is 1. The molecule has 2 bridgehead atoms. The molecule has 0 aromatic heterocycles. The number of phenols is 1. The Balaban J connectivity index is 1.15. The van der Waals surface area contributed by atoms with Gasteiger partial charge in [-0.25, -0.2) is 0 Å². The van der Waals surface area contributed by atoms with Crippen molar-refractivity contribution in [1.82, 2.24) is 14.7 Å². The van der Waals surface area contributed by atoms with Crippen molar-refractivity contribution in [1.29, 1.82) is 0 Å². The Bertz CT molecular complexity index is 1270. The van der Waals surface area contributed by atoms with Crippen LogP contribution in [0.15, 0.2) is 48.5 Å². The number of hydrogen-bond donors (Lipinski definition) is 1. The summed E-state index contributed by atoms with van der Waals surface area (Å²) in [6.07, 6.45) is 8.55. The van der Waals surface area contributed by atoms with E-state index in [0.29, 0.717) is 35.0 Å². The van der Waals surface area contributed by atoms with Crippen LogP contribution in [0.4, 0.5) is 0 Å². The number of piperidine rings is 2. The van der Waals surface area contributed by atoms with Gasteiger partial charge in [0.1, 0.15) is 5.75 Å². The molecule has 6 aliphatic rings. The Labute approximate surface area is 233 Å². The second-order valence-electron chi connectivity index (χ2n) is 13.6. The monoisotopic (exact) mass is 525 g/mol. The maximum atomic E-state index is 13.9. The molecule has 7 atom stereocenters. The van der Waals surface area contributed by atoms with Gasteiger partial charge in [0.2, 0.25) is 0 Å². The second kappa shape index (κ2) is 8.81. The summed E-state index contributed by atoms with van der Waals surface area (Å²) in [6, 6.07) is 17.1. The number of carbonyl (C=O) groups excluding carboxylic acids is 1. The minimum absolute atomic E-state index is 0.0902. The molecular weight excluding hydrogens is 482 g/mol. The molecule has 2 aromatic rings. The highest BCUT2D eigenvalue weighted by Crippen LogP contribution is 2.84. The fourth-order valence-electron chi connectivity index (χ4n) is 11.2. The Hall–Kier alpha value is -2.37. The average Bonchev–Trinajstić information content (AvgIpc) is 3.46. The predicted octanol–water partition coefficient (Wildman–Crippen LogP) is 4.93. The van der Waals surface area contributed by atoms with E-state index in [-0.39, 0.29) is 17.4 Å². The molecule has 5 nitrogen and oxygen atoms in total. The van der Waals surface area contributed by atoms with Crippen LogP contribution in [-0.2, 0) is 11.8 Å². The molecule has 1 amide bonds. The van der Waals surface area contributed by atoms with Crippen LogP contribution in [0.25, 0.3) is 0 Å². The molecule has 3 heterocycles. The van der Waals surface area contributed by atoms with Gasteiger partial charge in [0.15, 0.2) is 0 Å². The molecule has 2 saturated carbocycles. The minimum Gasteiger partial charge on any atom is -0.508 e. The lowest BCUT2D eigenvalue weighted by Gasteiger charge is -2.88. The van der Waals surface area contributed by atoms with Gasteiger partial charge in [-0.1, -0.05) is 31.2 Å². The Morgan fingerprint density at radius 3 is 2.64 bits per heavy atom. The fraction of sp³-hybridized carbons (Fsp3) is 0.618. The van der Waals surface area contributed by atoms with Crippen LogP contribution in [0.5, 0.6) is 5.75 Å². The summed E-state index contributed by atoms with van der Waals surface area (Å²) < 4.78 is 0. The van der Waals surface area contributed by atoms with E-state index in [0.717, 1.165) is 31.5 Å². The van der Waals surface area contributed by atoms with Gasteiger partial charge in [0.05, 0.1) is 0 Å². The summed E-state index contributed by atoms with van der Waals surface area (Å²) in [5.74, 6) is 2.45. The number of fused-ring (bicyclic) bond motifs is 1. The van der Waals surface area contributed by atoms with Crippen LogP contribution in [0.3, 0.4) is 0 Å². The van der Waals surface area contributed by atoms with E-state index in [2.05, 4.69) is 33.8 Å². The number of nitrogens with zero attached hydrogens (tertiary/aromatic N) is 3. The van der Waals surface area contributed by atoms with Crippen molar-refractivity contribution < 1.29 is 9.90 Å². The molecule has 5 fully saturated rings. The molecule has 1 spiro atoms. The largest absolute Gasteiger partial charge is 0.508 e. The van der Waals surface area contributed by atoms with E-state index in [9.17, 15) is 9.90 Å². The van der Waals surface area contributed by atoms with Crippen LogP contribution >= 0.6 is 0 Å². The summed E-state index contributed by atoms with van der Waals surface area (Å²) in [6.45, 7) is 9.39. The quantitative estimate of drug-likeness (QED) is 0.581. The zero-order valence-electron chi connectivity index (χ0n) is 23.4. The van der Waals surface area contributed by atoms with Gasteiger partial charge in [-0.2, -0.15) is 0 Å². The third-order valence-electron chi connectivity index (χ3n) is 12.4. The van der Waals surface area contributed by atoms with E-state index < -0.39 is 0 Å². The molecule has 6 unspecified atom stereocenters. The number of likely N-dealkylation sites (tertiary alicyclic amines) is 3. The SMILES string of the molecule is CCC1C2C3[C@@H](CN1C(=O)c1ccccc1)CC31C3Cc4ccc(O)cc4C21CCN3CCCN1CCCC1. The van der Waals surface area contributed by atoms with Crippen molar-refractivity contribution >= 4 is 5.91 Å².